The number of β-lactam (4-membered cyclic amide) rings is 1. The molecule has 9 heteroatoms. The third-order valence-electron chi connectivity index (χ3n) is 4.45. The fraction of sp³-hybridized carbons (Fsp3) is 0.333. The van der Waals surface area contributed by atoms with Crippen LogP contribution in [0.3, 0.4) is 0 Å². The van der Waals surface area contributed by atoms with E-state index in [4.69, 9.17) is 0 Å². The number of aromatic nitrogens is 1. The number of pyridine rings is 1. The van der Waals surface area contributed by atoms with E-state index < -0.39 is 37.9 Å². The molecule has 1 N–H and O–H groups in total. The third kappa shape index (κ3) is 1.94. The first kappa shape index (κ1) is 16.3. The number of carbonyl (C=O) groups is 3. The number of aliphatic carboxylic acids is 1. The van der Waals surface area contributed by atoms with Crippen LogP contribution in [0.1, 0.15) is 29.9 Å². The Morgan fingerprint density at radius 2 is 2.04 bits per heavy atom. The molecule has 1 aromatic rings. The summed E-state index contributed by atoms with van der Waals surface area (Å²) in [6.07, 6.45) is 3.23. The van der Waals surface area contributed by atoms with Crippen LogP contribution in [0, 0.1) is 0 Å². The molecule has 0 aliphatic carbocycles. The maximum absolute atomic E-state index is 12.7. The molecule has 0 unspecified atom stereocenters. The van der Waals surface area contributed by atoms with Gasteiger partial charge in [-0.15, -0.1) is 0 Å². The van der Waals surface area contributed by atoms with Crippen molar-refractivity contribution in [1.82, 2.24) is 9.88 Å². The molecule has 0 spiro atoms. The molecule has 126 valence electrons. The number of aldehydes is 1. The van der Waals surface area contributed by atoms with Gasteiger partial charge in [0.1, 0.15) is 4.75 Å². The lowest BCUT2D eigenvalue weighted by molar-refractivity contribution is -0.152. The molecule has 0 bridgehead atoms. The number of hydrogen-bond donors (Lipinski definition) is 1. The van der Waals surface area contributed by atoms with E-state index in [1.807, 2.05) is 0 Å². The highest BCUT2D eigenvalue weighted by Crippen LogP contribution is 2.48. The first-order chi connectivity index (χ1) is 11.1. The summed E-state index contributed by atoms with van der Waals surface area (Å²) >= 11 is 0. The van der Waals surface area contributed by atoms with Gasteiger partial charge in [0.25, 0.3) is 5.91 Å². The van der Waals surface area contributed by atoms with E-state index in [0.717, 1.165) is 4.90 Å². The summed E-state index contributed by atoms with van der Waals surface area (Å²) in [6, 6.07) is 1.54. The van der Waals surface area contributed by atoms with Crippen LogP contribution in [0.25, 0.3) is 6.08 Å². The van der Waals surface area contributed by atoms with E-state index in [-0.39, 0.29) is 5.57 Å². The molecule has 0 aromatic carbocycles. The Morgan fingerprint density at radius 1 is 1.38 bits per heavy atom. The number of carbonyl (C=O) groups excluding carboxylic acids is 2. The van der Waals surface area contributed by atoms with Crippen LogP contribution in [0.4, 0.5) is 0 Å². The molecule has 1 aromatic heterocycles. The molecule has 2 aliphatic rings. The zero-order valence-corrected chi connectivity index (χ0v) is 13.6. The smallest absolute Gasteiger partial charge is 0.328 e. The highest BCUT2D eigenvalue weighted by molar-refractivity contribution is 7.94. The molecule has 1 amide bonds. The van der Waals surface area contributed by atoms with Crippen molar-refractivity contribution in [2.45, 2.75) is 30.0 Å². The lowest BCUT2D eigenvalue weighted by Crippen LogP contribution is -2.58. The predicted molar refractivity (Wildman–Crippen MR) is 82.7 cm³/mol. The van der Waals surface area contributed by atoms with Gasteiger partial charge in [-0.05, 0) is 32.1 Å². The Labute approximate surface area is 137 Å². The van der Waals surface area contributed by atoms with Gasteiger partial charge in [0, 0.05) is 11.8 Å². The van der Waals surface area contributed by atoms with E-state index in [2.05, 4.69) is 4.98 Å². The minimum absolute atomic E-state index is 0.0156. The van der Waals surface area contributed by atoms with Crippen molar-refractivity contribution in [2.24, 2.45) is 0 Å². The highest BCUT2D eigenvalue weighted by Gasteiger charge is 2.70. The minimum atomic E-state index is -3.90. The molecular weight excluding hydrogens is 336 g/mol. The molecule has 2 saturated heterocycles. The molecule has 3 heterocycles. The van der Waals surface area contributed by atoms with Crippen LogP contribution in [-0.4, -0.2) is 57.7 Å². The summed E-state index contributed by atoms with van der Waals surface area (Å²) in [6.45, 7) is 2.61. The second kappa shape index (κ2) is 4.97. The Bertz CT molecular complexity index is 885. The summed E-state index contributed by atoms with van der Waals surface area (Å²) in [5, 5.41) is 8.05. The first-order valence-electron chi connectivity index (χ1n) is 7.04. The van der Waals surface area contributed by atoms with Gasteiger partial charge >= 0.3 is 5.97 Å². The average Bonchev–Trinajstić information content (AvgIpc) is 2.66. The molecule has 2 fully saturated rings. The number of hydrogen-bond acceptors (Lipinski definition) is 6. The second-order valence-electron chi connectivity index (χ2n) is 6.19. The van der Waals surface area contributed by atoms with Gasteiger partial charge in [-0.3, -0.25) is 14.6 Å². The largest absolute Gasteiger partial charge is 0.480 e. The molecule has 24 heavy (non-hydrogen) atoms. The van der Waals surface area contributed by atoms with Crippen molar-refractivity contribution in [2.75, 3.05) is 0 Å². The van der Waals surface area contributed by atoms with Crippen molar-refractivity contribution in [3.8, 4) is 0 Å². The van der Waals surface area contributed by atoms with Crippen molar-refractivity contribution < 1.29 is 27.9 Å². The Balaban J connectivity index is 2.05. The minimum Gasteiger partial charge on any atom is -0.480 e. The lowest BCUT2D eigenvalue weighted by Gasteiger charge is -2.37. The van der Waals surface area contributed by atoms with E-state index in [1.165, 1.54) is 38.3 Å². The first-order valence-corrected chi connectivity index (χ1v) is 8.59. The fourth-order valence-electron chi connectivity index (χ4n) is 3.07. The van der Waals surface area contributed by atoms with Crippen LogP contribution in [0.5, 0.6) is 0 Å². The Kier molecular flexibility index (Phi) is 3.38. The van der Waals surface area contributed by atoms with Gasteiger partial charge < -0.3 is 10.0 Å². The number of carboxylic acid groups (broad SMARTS) is 1. The summed E-state index contributed by atoms with van der Waals surface area (Å²) in [5.74, 6) is -1.99. The highest BCUT2D eigenvalue weighted by atomic mass is 32.2. The van der Waals surface area contributed by atoms with E-state index in [0.29, 0.717) is 17.5 Å². The number of rotatable bonds is 3. The number of nitrogens with zero attached hydrogens (tertiary/aromatic N) is 2. The van der Waals surface area contributed by atoms with Crippen molar-refractivity contribution in [3.63, 3.8) is 0 Å². The summed E-state index contributed by atoms with van der Waals surface area (Å²) in [4.78, 5) is 39.2. The zero-order chi connectivity index (χ0) is 17.9. The molecular formula is C15H14N2O6S. The van der Waals surface area contributed by atoms with Crippen LogP contribution in [-0.2, 0) is 19.4 Å². The summed E-state index contributed by atoms with van der Waals surface area (Å²) < 4.78 is 23.8. The quantitative estimate of drug-likeness (QED) is 0.466. The van der Waals surface area contributed by atoms with Gasteiger partial charge in [-0.25, -0.2) is 13.2 Å². The zero-order valence-electron chi connectivity index (χ0n) is 12.8. The molecule has 0 radical (unpaired) electrons. The summed E-state index contributed by atoms with van der Waals surface area (Å²) in [5.41, 5.74) is 0.646. The van der Waals surface area contributed by atoms with Gasteiger partial charge in [0.05, 0.1) is 11.3 Å². The van der Waals surface area contributed by atoms with Crippen LogP contribution < -0.4 is 0 Å². The van der Waals surface area contributed by atoms with Gasteiger partial charge in [0.15, 0.2) is 27.5 Å². The maximum Gasteiger partial charge on any atom is 0.328 e. The van der Waals surface area contributed by atoms with E-state index in [9.17, 15) is 27.9 Å². The average molecular weight is 350 g/mol. The van der Waals surface area contributed by atoms with Crippen molar-refractivity contribution in [1.29, 1.82) is 0 Å². The molecule has 3 rings (SSSR count). The lowest BCUT2D eigenvalue weighted by atomic mass is 9.95. The monoisotopic (exact) mass is 350 g/mol. The van der Waals surface area contributed by atoms with Crippen LogP contribution in [0.15, 0.2) is 23.9 Å². The number of carboxylic acids is 1. The van der Waals surface area contributed by atoms with E-state index in [1.54, 1.807) is 0 Å². The maximum atomic E-state index is 12.7. The molecule has 2 aliphatic heterocycles. The van der Waals surface area contributed by atoms with Gasteiger partial charge in [-0.2, -0.15) is 0 Å². The number of sulfone groups is 1. The number of fused-ring (bicyclic) bond motifs is 1. The van der Waals surface area contributed by atoms with Gasteiger partial charge in [0.2, 0.25) is 0 Å². The van der Waals surface area contributed by atoms with Crippen LogP contribution in [0.2, 0.25) is 0 Å². The Morgan fingerprint density at radius 3 is 2.54 bits per heavy atom. The topological polar surface area (TPSA) is 122 Å². The summed E-state index contributed by atoms with van der Waals surface area (Å²) in [7, 11) is -3.90. The van der Waals surface area contributed by atoms with Gasteiger partial charge in [-0.1, -0.05) is 0 Å². The second-order valence-corrected chi connectivity index (χ2v) is 8.78. The van der Waals surface area contributed by atoms with E-state index >= 15 is 0 Å². The fourth-order valence-corrected chi connectivity index (χ4v) is 5.19. The standard InChI is InChI=1S/C15H14N2O6S/c1-15(2)11(14(20)21)17-12(19)10(13(17)24(15,22)23)5-9-4-3-8(7-18)6-16-9/h3-7,11,13H,1-2H3,(H,20,21)/t11-,13+/m0/s1. The van der Waals surface area contributed by atoms with Crippen molar-refractivity contribution >= 4 is 34.1 Å². The van der Waals surface area contributed by atoms with Crippen LogP contribution >= 0.6 is 0 Å². The Hall–Kier alpha value is -2.55. The predicted octanol–water partition coefficient (Wildman–Crippen LogP) is 0.106. The third-order valence-corrected chi connectivity index (χ3v) is 7.21. The molecule has 2 atom stereocenters. The molecule has 0 saturated carbocycles. The number of amides is 1. The normalized spacial score (nSPS) is 28.3. The van der Waals surface area contributed by atoms with Crippen molar-refractivity contribution in [3.05, 3.63) is 35.2 Å². The SMILES string of the molecule is CC1(C)[C@H](C(=O)O)N2C(=O)C(=Cc3ccc(C=O)cn3)[C@H]2S1(=O)=O. The molecule has 8 nitrogen and oxygen atoms in total.